The second-order valence-corrected chi connectivity index (χ2v) is 4.42. The van der Waals surface area contributed by atoms with Gasteiger partial charge >= 0.3 is 0 Å². The molecule has 2 N–H and O–H groups in total. The monoisotopic (exact) mass is 276 g/mol. The van der Waals surface area contributed by atoms with Gasteiger partial charge in [-0.3, -0.25) is 0 Å². The van der Waals surface area contributed by atoms with Crippen LogP contribution in [0.5, 0.6) is 0 Å². The molecule has 2 rings (SSSR count). The third-order valence-electron chi connectivity index (χ3n) is 2.60. The standard InChI is InChI=1S/C13H20N6O/c1-4-6-10-17-11(14-5-2)7-12(18-10)15-8-13-16-9(3)20-19-13/h7H,4-6,8H2,1-3H3,(H2,14,15,17,18). The Morgan fingerprint density at radius 2 is 1.80 bits per heavy atom. The molecule has 0 amide bonds. The Kier molecular flexibility index (Phi) is 4.86. The van der Waals surface area contributed by atoms with Gasteiger partial charge in [0, 0.05) is 26.0 Å². The Labute approximate surface area is 118 Å². The SMILES string of the molecule is CCCc1nc(NCC)cc(NCc2noc(C)n2)n1. The van der Waals surface area contributed by atoms with E-state index in [0.29, 0.717) is 18.3 Å². The molecule has 108 valence electrons. The van der Waals surface area contributed by atoms with Crippen molar-refractivity contribution in [3.05, 3.63) is 23.6 Å². The van der Waals surface area contributed by atoms with Crippen molar-refractivity contribution in [1.82, 2.24) is 20.1 Å². The van der Waals surface area contributed by atoms with Crippen LogP contribution in [0.25, 0.3) is 0 Å². The second kappa shape index (κ2) is 6.83. The van der Waals surface area contributed by atoms with Crippen molar-refractivity contribution in [3.8, 4) is 0 Å². The number of nitrogens with zero attached hydrogens (tertiary/aromatic N) is 4. The van der Waals surface area contributed by atoms with E-state index in [-0.39, 0.29) is 0 Å². The Morgan fingerprint density at radius 1 is 1.05 bits per heavy atom. The molecule has 0 aromatic carbocycles. The van der Waals surface area contributed by atoms with Gasteiger partial charge in [-0.15, -0.1) is 0 Å². The van der Waals surface area contributed by atoms with Gasteiger partial charge in [0.2, 0.25) is 5.89 Å². The number of aryl methyl sites for hydroxylation is 2. The fraction of sp³-hybridized carbons (Fsp3) is 0.538. The topological polar surface area (TPSA) is 88.8 Å². The van der Waals surface area contributed by atoms with Crippen LogP contribution in [0.3, 0.4) is 0 Å². The lowest BCUT2D eigenvalue weighted by atomic mass is 10.3. The summed E-state index contributed by atoms with van der Waals surface area (Å²) in [4.78, 5) is 13.1. The van der Waals surface area contributed by atoms with Crippen LogP contribution < -0.4 is 10.6 Å². The molecule has 0 saturated heterocycles. The van der Waals surface area contributed by atoms with E-state index < -0.39 is 0 Å². The van der Waals surface area contributed by atoms with Crippen LogP contribution in [-0.4, -0.2) is 26.7 Å². The maximum atomic E-state index is 4.93. The average Bonchev–Trinajstić information content (AvgIpc) is 2.83. The van der Waals surface area contributed by atoms with Crippen LogP contribution in [-0.2, 0) is 13.0 Å². The number of hydrogen-bond donors (Lipinski definition) is 2. The zero-order valence-electron chi connectivity index (χ0n) is 12.1. The summed E-state index contributed by atoms with van der Waals surface area (Å²) in [6, 6.07) is 1.88. The number of anilines is 2. The molecule has 7 nitrogen and oxygen atoms in total. The maximum absolute atomic E-state index is 4.93. The molecule has 7 heteroatoms. The smallest absolute Gasteiger partial charge is 0.223 e. The van der Waals surface area contributed by atoms with Crippen LogP contribution in [0, 0.1) is 6.92 Å². The van der Waals surface area contributed by atoms with Gasteiger partial charge in [-0.05, 0) is 13.3 Å². The highest BCUT2D eigenvalue weighted by Gasteiger charge is 2.06. The molecule has 0 bridgehead atoms. The van der Waals surface area contributed by atoms with E-state index in [1.165, 1.54) is 0 Å². The first-order valence-electron chi connectivity index (χ1n) is 6.86. The Morgan fingerprint density at radius 3 is 2.40 bits per heavy atom. The number of hydrogen-bond acceptors (Lipinski definition) is 7. The van der Waals surface area contributed by atoms with E-state index in [2.05, 4.69) is 37.7 Å². The third-order valence-corrected chi connectivity index (χ3v) is 2.60. The lowest BCUT2D eigenvalue weighted by molar-refractivity contribution is 0.388. The highest BCUT2D eigenvalue weighted by molar-refractivity contribution is 5.47. The number of aromatic nitrogens is 4. The molecule has 0 aliphatic rings. The lowest BCUT2D eigenvalue weighted by Gasteiger charge is -2.09. The van der Waals surface area contributed by atoms with Crippen molar-refractivity contribution in [2.45, 2.75) is 40.2 Å². The molecule has 0 unspecified atom stereocenters. The predicted octanol–water partition coefficient (Wildman–Crippen LogP) is 2.16. The minimum absolute atomic E-state index is 0.478. The van der Waals surface area contributed by atoms with Gasteiger partial charge in [0.25, 0.3) is 0 Å². The number of rotatable bonds is 7. The summed E-state index contributed by atoms with van der Waals surface area (Å²) in [6.07, 6.45) is 1.87. The van der Waals surface area contributed by atoms with Gasteiger partial charge in [0.05, 0.1) is 6.54 Å². The summed E-state index contributed by atoms with van der Waals surface area (Å²) in [7, 11) is 0. The van der Waals surface area contributed by atoms with E-state index in [9.17, 15) is 0 Å². The van der Waals surface area contributed by atoms with Gasteiger partial charge in [-0.25, -0.2) is 9.97 Å². The number of nitrogens with one attached hydrogen (secondary N) is 2. The van der Waals surface area contributed by atoms with Crippen molar-refractivity contribution in [1.29, 1.82) is 0 Å². The van der Waals surface area contributed by atoms with E-state index in [1.54, 1.807) is 6.92 Å². The van der Waals surface area contributed by atoms with Crippen LogP contribution >= 0.6 is 0 Å². The predicted molar refractivity (Wildman–Crippen MR) is 76.6 cm³/mol. The lowest BCUT2D eigenvalue weighted by Crippen LogP contribution is -2.08. The van der Waals surface area contributed by atoms with E-state index >= 15 is 0 Å². The summed E-state index contributed by atoms with van der Waals surface area (Å²) in [5.41, 5.74) is 0. The van der Waals surface area contributed by atoms with Crippen LogP contribution in [0.4, 0.5) is 11.6 Å². The molecule has 20 heavy (non-hydrogen) atoms. The molecule has 2 aromatic rings. The van der Waals surface area contributed by atoms with Crippen LogP contribution in [0.2, 0.25) is 0 Å². The minimum atomic E-state index is 0.478. The van der Waals surface area contributed by atoms with Crippen molar-refractivity contribution in [3.63, 3.8) is 0 Å². The highest BCUT2D eigenvalue weighted by atomic mass is 16.5. The zero-order valence-corrected chi connectivity index (χ0v) is 12.1. The third kappa shape index (κ3) is 3.91. The molecule has 0 radical (unpaired) electrons. The molecule has 0 saturated carbocycles. The molecular weight excluding hydrogens is 256 g/mol. The Bertz CT molecular complexity index is 529. The van der Waals surface area contributed by atoms with E-state index in [1.807, 2.05) is 13.0 Å². The summed E-state index contributed by atoms with van der Waals surface area (Å²) < 4.78 is 4.93. The second-order valence-electron chi connectivity index (χ2n) is 4.42. The van der Waals surface area contributed by atoms with Crippen LogP contribution in [0.15, 0.2) is 10.6 Å². The van der Waals surface area contributed by atoms with Gasteiger partial charge in [0.15, 0.2) is 5.82 Å². The molecule has 0 fully saturated rings. The van der Waals surface area contributed by atoms with Gasteiger partial charge in [0.1, 0.15) is 17.5 Å². The molecule has 0 aliphatic heterocycles. The normalized spacial score (nSPS) is 10.6. The molecule has 0 spiro atoms. The van der Waals surface area contributed by atoms with E-state index in [4.69, 9.17) is 4.52 Å². The van der Waals surface area contributed by atoms with Gasteiger partial charge in [-0.1, -0.05) is 12.1 Å². The molecule has 2 aromatic heterocycles. The van der Waals surface area contributed by atoms with Crippen molar-refractivity contribution in [2.24, 2.45) is 0 Å². The fourth-order valence-corrected chi connectivity index (χ4v) is 1.78. The summed E-state index contributed by atoms with van der Waals surface area (Å²) in [5.74, 6) is 3.60. The molecule has 2 heterocycles. The Hall–Kier alpha value is -2.18. The highest BCUT2D eigenvalue weighted by Crippen LogP contribution is 2.13. The summed E-state index contributed by atoms with van der Waals surface area (Å²) in [6.45, 7) is 7.22. The van der Waals surface area contributed by atoms with Crippen molar-refractivity contribution in [2.75, 3.05) is 17.2 Å². The summed E-state index contributed by atoms with van der Waals surface area (Å²) in [5, 5.41) is 10.2. The van der Waals surface area contributed by atoms with Gasteiger partial charge in [-0.2, -0.15) is 4.98 Å². The molecule has 0 atom stereocenters. The van der Waals surface area contributed by atoms with E-state index in [0.717, 1.165) is 36.8 Å². The fourth-order valence-electron chi connectivity index (χ4n) is 1.78. The molecular formula is C13H20N6O. The molecule has 0 aliphatic carbocycles. The largest absolute Gasteiger partial charge is 0.370 e. The first kappa shape index (κ1) is 14.2. The van der Waals surface area contributed by atoms with Crippen LogP contribution in [0.1, 0.15) is 37.8 Å². The zero-order chi connectivity index (χ0) is 14.4. The first-order valence-corrected chi connectivity index (χ1v) is 6.86. The van der Waals surface area contributed by atoms with Crippen molar-refractivity contribution < 1.29 is 4.52 Å². The Balaban J connectivity index is 2.08. The quantitative estimate of drug-likeness (QED) is 0.801. The average molecular weight is 276 g/mol. The first-order chi connectivity index (χ1) is 9.71. The maximum Gasteiger partial charge on any atom is 0.223 e. The van der Waals surface area contributed by atoms with Crippen molar-refractivity contribution >= 4 is 11.6 Å². The summed E-state index contributed by atoms with van der Waals surface area (Å²) >= 11 is 0. The minimum Gasteiger partial charge on any atom is -0.370 e. The van der Waals surface area contributed by atoms with Gasteiger partial charge < -0.3 is 15.2 Å².